The highest BCUT2D eigenvalue weighted by Crippen LogP contribution is 2.23. The van der Waals surface area contributed by atoms with E-state index in [1.165, 1.54) is 18.2 Å². The number of carbonyl (C=O) groups excluding carboxylic acids is 1. The number of benzene rings is 1. The van der Waals surface area contributed by atoms with Crippen LogP contribution in [0.1, 0.15) is 23.2 Å². The van der Waals surface area contributed by atoms with Crippen LogP contribution >= 0.6 is 11.6 Å². The fraction of sp³-hybridized carbons (Fsp3) is 0.300. The van der Waals surface area contributed by atoms with Gasteiger partial charge in [-0.05, 0) is 12.1 Å². The summed E-state index contributed by atoms with van der Waals surface area (Å²) >= 11 is 5.60. The summed E-state index contributed by atoms with van der Waals surface area (Å²) in [5.41, 5.74) is 0.215. The van der Waals surface area contributed by atoms with Crippen molar-refractivity contribution in [1.29, 1.82) is 0 Å². The van der Waals surface area contributed by atoms with Crippen molar-refractivity contribution in [3.8, 4) is 0 Å². The molecule has 0 bridgehead atoms. The third-order valence-corrected chi connectivity index (χ3v) is 2.02. The van der Waals surface area contributed by atoms with Crippen molar-refractivity contribution in [3.05, 3.63) is 34.9 Å². The minimum atomic E-state index is -4.30. The second-order valence-electron chi connectivity index (χ2n) is 3.05. The SMILES string of the molecule is O=C(CCC(F)(F)F)c1cccc(Cl)c1. The van der Waals surface area contributed by atoms with E-state index in [1.807, 2.05) is 0 Å². The Hall–Kier alpha value is -1.03. The molecule has 0 aliphatic rings. The van der Waals surface area contributed by atoms with Crippen molar-refractivity contribution in [2.75, 3.05) is 0 Å². The Balaban J connectivity index is 2.62. The van der Waals surface area contributed by atoms with Crippen molar-refractivity contribution in [2.45, 2.75) is 19.0 Å². The molecule has 0 saturated carbocycles. The van der Waals surface area contributed by atoms with Crippen LogP contribution in [0.4, 0.5) is 13.2 Å². The van der Waals surface area contributed by atoms with Gasteiger partial charge in [0.05, 0.1) is 6.42 Å². The molecule has 0 heterocycles. The molecule has 0 saturated heterocycles. The number of ketones is 1. The summed E-state index contributed by atoms with van der Waals surface area (Å²) in [4.78, 5) is 11.3. The van der Waals surface area contributed by atoms with Crippen LogP contribution in [0.15, 0.2) is 24.3 Å². The Kier molecular flexibility index (Phi) is 3.74. The summed E-state index contributed by atoms with van der Waals surface area (Å²) in [5.74, 6) is -0.546. The van der Waals surface area contributed by atoms with Gasteiger partial charge < -0.3 is 0 Å². The van der Waals surface area contributed by atoms with Gasteiger partial charge in [0.1, 0.15) is 0 Å². The fourth-order valence-electron chi connectivity index (χ4n) is 1.06. The maximum Gasteiger partial charge on any atom is 0.389 e. The largest absolute Gasteiger partial charge is 0.389 e. The van der Waals surface area contributed by atoms with Crippen molar-refractivity contribution in [3.63, 3.8) is 0 Å². The molecule has 1 nitrogen and oxygen atoms in total. The first kappa shape index (κ1) is 12.0. The predicted octanol–water partition coefficient (Wildman–Crippen LogP) is 3.87. The Labute approximate surface area is 89.9 Å². The zero-order valence-electron chi connectivity index (χ0n) is 7.64. The molecule has 0 unspecified atom stereocenters. The molecular formula is C10H8ClF3O. The summed E-state index contributed by atoms with van der Waals surface area (Å²) in [6.45, 7) is 0. The highest BCUT2D eigenvalue weighted by atomic mass is 35.5. The summed E-state index contributed by atoms with van der Waals surface area (Å²) in [6.07, 6.45) is -5.93. The van der Waals surface area contributed by atoms with Gasteiger partial charge in [0.25, 0.3) is 0 Å². The van der Waals surface area contributed by atoms with E-state index >= 15 is 0 Å². The van der Waals surface area contributed by atoms with Crippen LogP contribution in [0, 0.1) is 0 Å². The van der Waals surface area contributed by atoms with E-state index in [0.717, 1.165) is 0 Å². The van der Waals surface area contributed by atoms with Gasteiger partial charge in [0.15, 0.2) is 5.78 Å². The Morgan fingerprint density at radius 3 is 2.53 bits per heavy atom. The molecule has 0 aliphatic heterocycles. The maximum absolute atomic E-state index is 11.8. The molecule has 0 aromatic heterocycles. The molecule has 1 rings (SSSR count). The first-order valence-electron chi connectivity index (χ1n) is 4.24. The van der Waals surface area contributed by atoms with Gasteiger partial charge in [-0.15, -0.1) is 0 Å². The minimum Gasteiger partial charge on any atom is -0.294 e. The van der Waals surface area contributed by atoms with Gasteiger partial charge in [0.2, 0.25) is 0 Å². The first-order chi connectivity index (χ1) is 6.88. The molecule has 1 aromatic carbocycles. The molecule has 0 radical (unpaired) electrons. The minimum absolute atomic E-state index is 0.215. The van der Waals surface area contributed by atoms with Gasteiger partial charge in [-0.2, -0.15) is 13.2 Å². The maximum atomic E-state index is 11.8. The molecule has 0 aliphatic carbocycles. The quantitative estimate of drug-likeness (QED) is 0.728. The lowest BCUT2D eigenvalue weighted by Crippen LogP contribution is -2.10. The zero-order valence-corrected chi connectivity index (χ0v) is 8.40. The zero-order chi connectivity index (χ0) is 11.5. The molecular weight excluding hydrogens is 229 g/mol. The molecule has 0 spiro atoms. The third-order valence-electron chi connectivity index (χ3n) is 1.78. The van der Waals surface area contributed by atoms with Crippen LogP contribution in [0.2, 0.25) is 5.02 Å². The van der Waals surface area contributed by atoms with Gasteiger partial charge in [-0.3, -0.25) is 4.79 Å². The normalized spacial score (nSPS) is 11.5. The second kappa shape index (κ2) is 4.66. The summed E-state index contributed by atoms with van der Waals surface area (Å²) in [6, 6.07) is 5.90. The van der Waals surface area contributed by atoms with E-state index in [2.05, 4.69) is 0 Å². The smallest absolute Gasteiger partial charge is 0.294 e. The van der Waals surface area contributed by atoms with Crippen LogP contribution in [0.5, 0.6) is 0 Å². The molecule has 15 heavy (non-hydrogen) atoms. The van der Waals surface area contributed by atoms with Crippen molar-refractivity contribution < 1.29 is 18.0 Å². The van der Waals surface area contributed by atoms with E-state index in [-0.39, 0.29) is 5.56 Å². The van der Waals surface area contributed by atoms with E-state index < -0.39 is 24.8 Å². The molecule has 1 aromatic rings. The molecule has 0 amide bonds. The molecule has 5 heteroatoms. The number of hydrogen-bond donors (Lipinski definition) is 0. The lowest BCUT2D eigenvalue weighted by molar-refractivity contribution is -0.133. The Morgan fingerprint density at radius 2 is 2.00 bits per heavy atom. The van der Waals surface area contributed by atoms with E-state index in [9.17, 15) is 18.0 Å². The van der Waals surface area contributed by atoms with Gasteiger partial charge in [0, 0.05) is 17.0 Å². The fourth-order valence-corrected chi connectivity index (χ4v) is 1.25. The number of halogens is 4. The topological polar surface area (TPSA) is 17.1 Å². The number of hydrogen-bond acceptors (Lipinski definition) is 1. The molecule has 82 valence electrons. The van der Waals surface area contributed by atoms with Crippen LogP contribution in [0.25, 0.3) is 0 Å². The predicted molar refractivity (Wildman–Crippen MR) is 51.1 cm³/mol. The summed E-state index contributed by atoms with van der Waals surface area (Å²) in [7, 11) is 0. The monoisotopic (exact) mass is 236 g/mol. The Morgan fingerprint density at radius 1 is 1.33 bits per heavy atom. The summed E-state index contributed by atoms with van der Waals surface area (Å²) < 4.78 is 35.5. The van der Waals surface area contributed by atoms with Crippen LogP contribution in [-0.4, -0.2) is 12.0 Å². The van der Waals surface area contributed by atoms with Gasteiger partial charge in [-0.1, -0.05) is 23.7 Å². The number of Topliss-reactive ketones (excluding diaryl/α,β-unsaturated/α-hetero) is 1. The highest BCUT2D eigenvalue weighted by Gasteiger charge is 2.28. The molecule has 0 fully saturated rings. The van der Waals surface area contributed by atoms with E-state index in [1.54, 1.807) is 6.07 Å². The van der Waals surface area contributed by atoms with E-state index in [0.29, 0.717) is 5.02 Å². The second-order valence-corrected chi connectivity index (χ2v) is 3.49. The van der Waals surface area contributed by atoms with Crippen LogP contribution in [0.3, 0.4) is 0 Å². The van der Waals surface area contributed by atoms with Gasteiger partial charge >= 0.3 is 6.18 Å². The number of carbonyl (C=O) groups is 1. The number of rotatable bonds is 3. The lowest BCUT2D eigenvalue weighted by atomic mass is 10.1. The van der Waals surface area contributed by atoms with Crippen molar-refractivity contribution in [1.82, 2.24) is 0 Å². The lowest BCUT2D eigenvalue weighted by Gasteiger charge is -2.05. The van der Waals surface area contributed by atoms with Gasteiger partial charge in [-0.25, -0.2) is 0 Å². The average molecular weight is 237 g/mol. The highest BCUT2D eigenvalue weighted by molar-refractivity contribution is 6.31. The first-order valence-corrected chi connectivity index (χ1v) is 4.62. The van der Waals surface area contributed by atoms with Crippen LogP contribution in [-0.2, 0) is 0 Å². The average Bonchev–Trinajstić information content (AvgIpc) is 2.13. The van der Waals surface area contributed by atoms with E-state index in [4.69, 9.17) is 11.6 Å². The molecule has 0 N–H and O–H groups in total. The standard InChI is InChI=1S/C10H8ClF3O/c11-8-3-1-2-7(6-8)9(15)4-5-10(12,13)14/h1-3,6H,4-5H2. The Bertz CT molecular complexity index is 360. The summed E-state index contributed by atoms with van der Waals surface area (Å²) in [5, 5.41) is 0.341. The van der Waals surface area contributed by atoms with Crippen LogP contribution < -0.4 is 0 Å². The molecule has 0 atom stereocenters. The van der Waals surface area contributed by atoms with Crippen molar-refractivity contribution >= 4 is 17.4 Å². The number of alkyl halides is 3. The third kappa shape index (κ3) is 4.34. The van der Waals surface area contributed by atoms with Crippen molar-refractivity contribution in [2.24, 2.45) is 0 Å².